The molecule has 0 spiro atoms. The molecule has 0 bridgehead atoms. The third kappa shape index (κ3) is 2.27. The SMILES string of the molecule is N/C=C\C(=C/N)C1CCCCN1. The largest absolute Gasteiger partial charge is 0.405 e. The average Bonchev–Trinajstić information content (AvgIpc) is 2.15. The molecule has 1 aliphatic rings. The molecule has 1 unspecified atom stereocenters. The maximum Gasteiger partial charge on any atom is 0.0334 e. The molecule has 1 fully saturated rings. The Morgan fingerprint density at radius 1 is 1.33 bits per heavy atom. The molecule has 1 heterocycles. The summed E-state index contributed by atoms with van der Waals surface area (Å²) in [6, 6.07) is 0.406. The van der Waals surface area contributed by atoms with Gasteiger partial charge in [0.2, 0.25) is 0 Å². The van der Waals surface area contributed by atoms with Crippen LogP contribution in [0.1, 0.15) is 19.3 Å². The van der Waals surface area contributed by atoms with E-state index in [1.807, 2.05) is 6.08 Å². The zero-order valence-electron chi connectivity index (χ0n) is 7.29. The number of piperidine rings is 1. The molecule has 1 atom stereocenters. The summed E-state index contributed by atoms with van der Waals surface area (Å²) in [6.07, 6.45) is 8.73. The first-order valence-corrected chi connectivity index (χ1v) is 4.42. The van der Waals surface area contributed by atoms with Crippen molar-refractivity contribution in [3.63, 3.8) is 0 Å². The first-order chi connectivity index (χ1) is 5.88. The third-order valence-electron chi connectivity index (χ3n) is 2.19. The molecule has 3 nitrogen and oxygen atoms in total. The van der Waals surface area contributed by atoms with Crippen molar-refractivity contribution in [1.29, 1.82) is 0 Å². The molecule has 1 saturated heterocycles. The predicted molar refractivity (Wildman–Crippen MR) is 51.2 cm³/mol. The van der Waals surface area contributed by atoms with Crippen molar-refractivity contribution in [2.45, 2.75) is 25.3 Å². The summed E-state index contributed by atoms with van der Waals surface area (Å²) < 4.78 is 0. The van der Waals surface area contributed by atoms with Crippen LogP contribution < -0.4 is 16.8 Å². The van der Waals surface area contributed by atoms with E-state index in [-0.39, 0.29) is 0 Å². The van der Waals surface area contributed by atoms with E-state index >= 15 is 0 Å². The summed E-state index contributed by atoms with van der Waals surface area (Å²) in [5.41, 5.74) is 11.9. The molecule has 0 aromatic carbocycles. The van der Waals surface area contributed by atoms with Gasteiger partial charge in [0.15, 0.2) is 0 Å². The van der Waals surface area contributed by atoms with Crippen LogP contribution in [-0.2, 0) is 0 Å². The third-order valence-corrected chi connectivity index (χ3v) is 2.19. The van der Waals surface area contributed by atoms with E-state index in [1.165, 1.54) is 19.0 Å². The van der Waals surface area contributed by atoms with Crippen molar-refractivity contribution in [2.24, 2.45) is 11.5 Å². The van der Waals surface area contributed by atoms with Gasteiger partial charge in [-0.05, 0) is 43.4 Å². The van der Waals surface area contributed by atoms with E-state index in [0.29, 0.717) is 6.04 Å². The van der Waals surface area contributed by atoms with Gasteiger partial charge in [0, 0.05) is 6.04 Å². The Bertz CT molecular complexity index is 178. The van der Waals surface area contributed by atoms with Crippen LogP contribution >= 0.6 is 0 Å². The number of hydrogen-bond acceptors (Lipinski definition) is 3. The Morgan fingerprint density at radius 3 is 2.67 bits per heavy atom. The molecule has 5 N–H and O–H groups in total. The van der Waals surface area contributed by atoms with Gasteiger partial charge in [-0.25, -0.2) is 0 Å². The average molecular weight is 167 g/mol. The molecule has 0 aromatic heterocycles. The fourth-order valence-corrected chi connectivity index (χ4v) is 1.54. The number of nitrogens with two attached hydrogens (primary N) is 2. The maximum absolute atomic E-state index is 5.48. The van der Waals surface area contributed by atoms with Crippen LogP contribution in [0.4, 0.5) is 0 Å². The molecule has 1 rings (SSSR count). The van der Waals surface area contributed by atoms with Gasteiger partial charge in [-0.2, -0.15) is 0 Å². The second-order valence-electron chi connectivity index (χ2n) is 3.03. The molecule has 0 aromatic rings. The van der Waals surface area contributed by atoms with Crippen LogP contribution in [0.5, 0.6) is 0 Å². The molecule has 68 valence electrons. The smallest absolute Gasteiger partial charge is 0.0334 e. The fourth-order valence-electron chi connectivity index (χ4n) is 1.54. The minimum absolute atomic E-state index is 0.406. The molecule has 3 heteroatoms. The van der Waals surface area contributed by atoms with Crippen LogP contribution in [0.3, 0.4) is 0 Å². The Morgan fingerprint density at radius 2 is 2.17 bits per heavy atom. The van der Waals surface area contributed by atoms with Gasteiger partial charge in [-0.1, -0.05) is 6.42 Å². The quantitative estimate of drug-likeness (QED) is 0.523. The standard InChI is InChI=1S/C9H17N3/c10-5-4-8(7-11)9-3-1-2-6-12-9/h4-5,7,9,12H,1-3,6,10-11H2/b5-4-,8-7+. The lowest BCUT2D eigenvalue weighted by molar-refractivity contribution is 0.444. The molecule has 0 aliphatic carbocycles. The van der Waals surface area contributed by atoms with Crippen molar-refractivity contribution in [3.05, 3.63) is 24.0 Å². The Kier molecular flexibility index (Phi) is 3.67. The highest BCUT2D eigenvalue weighted by molar-refractivity contribution is 5.23. The second kappa shape index (κ2) is 4.83. The zero-order chi connectivity index (χ0) is 8.81. The van der Waals surface area contributed by atoms with Gasteiger partial charge >= 0.3 is 0 Å². The van der Waals surface area contributed by atoms with E-state index < -0.39 is 0 Å². The van der Waals surface area contributed by atoms with Gasteiger partial charge in [0.05, 0.1) is 0 Å². The molecular weight excluding hydrogens is 150 g/mol. The minimum atomic E-state index is 0.406. The van der Waals surface area contributed by atoms with E-state index in [9.17, 15) is 0 Å². The van der Waals surface area contributed by atoms with Crippen LogP contribution in [0.15, 0.2) is 24.0 Å². The van der Waals surface area contributed by atoms with Crippen molar-refractivity contribution >= 4 is 0 Å². The topological polar surface area (TPSA) is 64.1 Å². The Labute approximate surface area is 73.5 Å². The van der Waals surface area contributed by atoms with Gasteiger partial charge in [0.25, 0.3) is 0 Å². The van der Waals surface area contributed by atoms with Crippen molar-refractivity contribution in [3.8, 4) is 0 Å². The zero-order valence-corrected chi connectivity index (χ0v) is 7.29. The van der Waals surface area contributed by atoms with Crippen molar-refractivity contribution in [1.82, 2.24) is 5.32 Å². The van der Waals surface area contributed by atoms with Gasteiger partial charge in [-0.3, -0.25) is 0 Å². The highest BCUT2D eigenvalue weighted by atomic mass is 14.9. The summed E-state index contributed by atoms with van der Waals surface area (Å²) in [5, 5.41) is 3.40. The predicted octanol–water partition coefficient (Wildman–Crippen LogP) is 0.443. The summed E-state index contributed by atoms with van der Waals surface area (Å²) in [6.45, 7) is 1.08. The number of rotatable bonds is 2. The van der Waals surface area contributed by atoms with E-state index in [2.05, 4.69) is 5.32 Å². The van der Waals surface area contributed by atoms with Crippen LogP contribution in [0, 0.1) is 0 Å². The Hall–Kier alpha value is -0.960. The summed E-state index contributed by atoms with van der Waals surface area (Å²) >= 11 is 0. The second-order valence-corrected chi connectivity index (χ2v) is 3.03. The maximum atomic E-state index is 5.48. The van der Waals surface area contributed by atoms with Crippen LogP contribution in [0.2, 0.25) is 0 Å². The highest BCUT2D eigenvalue weighted by Gasteiger charge is 2.14. The first-order valence-electron chi connectivity index (χ1n) is 4.42. The molecule has 0 saturated carbocycles. The lowest BCUT2D eigenvalue weighted by atomic mass is 9.98. The number of hydrogen-bond donors (Lipinski definition) is 3. The van der Waals surface area contributed by atoms with Gasteiger partial charge in [0.1, 0.15) is 0 Å². The molecule has 0 amide bonds. The normalized spacial score (nSPS) is 26.3. The van der Waals surface area contributed by atoms with Crippen LogP contribution in [0.25, 0.3) is 0 Å². The molecule has 1 aliphatic heterocycles. The highest BCUT2D eigenvalue weighted by Crippen LogP contribution is 2.14. The monoisotopic (exact) mass is 167 g/mol. The molecular formula is C9H17N3. The minimum Gasteiger partial charge on any atom is -0.405 e. The van der Waals surface area contributed by atoms with E-state index in [1.54, 1.807) is 6.20 Å². The molecule has 12 heavy (non-hydrogen) atoms. The lowest BCUT2D eigenvalue weighted by Gasteiger charge is -2.24. The Balaban J connectivity index is 2.52. The summed E-state index contributed by atoms with van der Waals surface area (Å²) in [7, 11) is 0. The van der Waals surface area contributed by atoms with Crippen molar-refractivity contribution in [2.75, 3.05) is 6.54 Å². The van der Waals surface area contributed by atoms with Crippen molar-refractivity contribution < 1.29 is 0 Å². The van der Waals surface area contributed by atoms with E-state index in [0.717, 1.165) is 18.5 Å². The molecule has 0 radical (unpaired) electrons. The van der Waals surface area contributed by atoms with Gasteiger partial charge < -0.3 is 16.8 Å². The summed E-state index contributed by atoms with van der Waals surface area (Å²) in [5.74, 6) is 0. The first kappa shape index (κ1) is 9.13. The van der Waals surface area contributed by atoms with Crippen LogP contribution in [-0.4, -0.2) is 12.6 Å². The lowest BCUT2D eigenvalue weighted by Crippen LogP contribution is -2.35. The van der Waals surface area contributed by atoms with Gasteiger partial charge in [-0.15, -0.1) is 0 Å². The van der Waals surface area contributed by atoms with E-state index in [4.69, 9.17) is 11.5 Å². The fraction of sp³-hybridized carbons (Fsp3) is 0.556. The number of nitrogens with one attached hydrogen (secondary N) is 1. The summed E-state index contributed by atoms with van der Waals surface area (Å²) in [4.78, 5) is 0.